The maximum Gasteiger partial charge on any atom is 0.422 e. The van der Waals surface area contributed by atoms with Gasteiger partial charge in [-0.2, -0.15) is 4.98 Å². The summed E-state index contributed by atoms with van der Waals surface area (Å²) in [7, 11) is 0. The number of aromatic nitrogens is 2. The van der Waals surface area contributed by atoms with E-state index in [1.807, 2.05) is 0 Å². The second-order valence-electron chi connectivity index (χ2n) is 4.56. The Kier molecular flexibility index (Phi) is 3.85. The molecule has 19 heavy (non-hydrogen) atoms. The minimum absolute atomic E-state index is 0.0626. The van der Waals surface area contributed by atoms with Crippen molar-refractivity contribution in [1.29, 1.82) is 0 Å². The molecule has 100 valence electrons. The highest BCUT2D eigenvalue weighted by molar-refractivity contribution is 5.71. The van der Waals surface area contributed by atoms with Crippen LogP contribution < -0.4 is 11.4 Å². The van der Waals surface area contributed by atoms with Crippen LogP contribution in [0, 0.1) is 18.3 Å². The number of hydrogen-bond donors (Lipinski definition) is 1. The van der Waals surface area contributed by atoms with Crippen LogP contribution in [0.5, 0.6) is 0 Å². The zero-order valence-corrected chi connectivity index (χ0v) is 10.5. The number of anilines is 1. The van der Waals surface area contributed by atoms with Crippen molar-refractivity contribution in [1.82, 2.24) is 9.55 Å². The number of nitrogens with two attached hydrogens (primary N) is 1. The maximum absolute atomic E-state index is 11.8. The number of hydrogen-bond acceptors (Lipinski definition) is 5. The zero-order chi connectivity index (χ0) is 13.8. The zero-order valence-electron chi connectivity index (χ0n) is 10.5. The smallest absolute Gasteiger partial charge is 0.422 e. The molecule has 0 atom stereocenters. The Bertz CT molecular complexity index is 580. The first-order valence-electron chi connectivity index (χ1n) is 6.14. The average Bonchev–Trinajstić information content (AvgIpc) is 2.89. The average molecular weight is 261 g/mol. The van der Waals surface area contributed by atoms with Crippen LogP contribution in [0.2, 0.25) is 0 Å². The summed E-state index contributed by atoms with van der Waals surface area (Å²) in [5, 5.41) is 0. The molecule has 1 fully saturated rings. The van der Waals surface area contributed by atoms with E-state index in [4.69, 9.17) is 16.9 Å². The molecule has 2 N–H and O–H groups in total. The number of terminal acetylenes is 1. The van der Waals surface area contributed by atoms with Gasteiger partial charge in [0.15, 0.2) is 0 Å². The molecule has 6 heteroatoms. The van der Waals surface area contributed by atoms with E-state index in [1.54, 1.807) is 0 Å². The van der Waals surface area contributed by atoms with Crippen molar-refractivity contribution in [2.24, 2.45) is 5.92 Å². The molecular formula is C13H15N3O3. The highest BCUT2D eigenvalue weighted by Gasteiger charge is 2.18. The number of carbonyl (C=O) groups is 1. The van der Waals surface area contributed by atoms with Crippen LogP contribution in [0.4, 0.5) is 10.6 Å². The standard InChI is InChI=1S/C13H15N3O3/c1-2-10-7-16(12(17)15-11(10)14)13(18)19-8-9-5-3-4-6-9/h1,7,9H,3-6,8H2,(H2,14,15,17). The third-order valence-electron chi connectivity index (χ3n) is 3.23. The molecule has 1 aliphatic carbocycles. The van der Waals surface area contributed by atoms with Gasteiger partial charge in [-0.1, -0.05) is 18.8 Å². The fourth-order valence-electron chi connectivity index (χ4n) is 2.15. The molecule has 0 spiro atoms. The Morgan fingerprint density at radius 2 is 2.26 bits per heavy atom. The molecule has 1 aromatic rings. The van der Waals surface area contributed by atoms with E-state index in [9.17, 15) is 9.59 Å². The van der Waals surface area contributed by atoms with Crippen molar-refractivity contribution >= 4 is 11.9 Å². The van der Waals surface area contributed by atoms with Crippen molar-refractivity contribution in [2.45, 2.75) is 25.7 Å². The van der Waals surface area contributed by atoms with Gasteiger partial charge in [-0.3, -0.25) is 0 Å². The summed E-state index contributed by atoms with van der Waals surface area (Å²) < 4.78 is 5.86. The van der Waals surface area contributed by atoms with Crippen LogP contribution in [0.15, 0.2) is 11.0 Å². The molecule has 0 unspecified atom stereocenters. The van der Waals surface area contributed by atoms with Gasteiger partial charge in [0, 0.05) is 6.20 Å². The molecule has 0 radical (unpaired) electrons. The Morgan fingerprint density at radius 1 is 1.58 bits per heavy atom. The van der Waals surface area contributed by atoms with Gasteiger partial charge in [0.1, 0.15) is 5.82 Å². The SMILES string of the molecule is C#Cc1cn(C(=O)OCC2CCCC2)c(=O)nc1N. The van der Waals surface area contributed by atoms with Crippen molar-refractivity contribution < 1.29 is 9.53 Å². The number of ether oxygens (including phenoxy) is 1. The molecule has 0 bridgehead atoms. The minimum Gasteiger partial charge on any atom is -0.449 e. The van der Waals surface area contributed by atoms with Crippen LogP contribution >= 0.6 is 0 Å². The van der Waals surface area contributed by atoms with Gasteiger partial charge in [-0.05, 0) is 18.8 Å². The minimum atomic E-state index is -0.784. The molecule has 0 aliphatic heterocycles. The number of rotatable bonds is 2. The van der Waals surface area contributed by atoms with Gasteiger partial charge >= 0.3 is 11.8 Å². The van der Waals surface area contributed by atoms with Crippen molar-refractivity contribution in [2.75, 3.05) is 12.3 Å². The van der Waals surface area contributed by atoms with E-state index in [1.165, 1.54) is 6.20 Å². The predicted molar refractivity (Wildman–Crippen MR) is 69.5 cm³/mol. The first kappa shape index (κ1) is 13.1. The third kappa shape index (κ3) is 2.94. The van der Waals surface area contributed by atoms with E-state index in [0.29, 0.717) is 12.5 Å². The first-order chi connectivity index (χ1) is 9.11. The lowest BCUT2D eigenvalue weighted by molar-refractivity contribution is 0.128. The molecule has 0 amide bonds. The van der Waals surface area contributed by atoms with Crippen molar-refractivity contribution in [3.8, 4) is 12.3 Å². The van der Waals surface area contributed by atoms with Crippen LogP contribution in [-0.4, -0.2) is 22.3 Å². The summed E-state index contributed by atoms with van der Waals surface area (Å²) in [6, 6.07) is 0. The van der Waals surface area contributed by atoms with Crippen molar-refractivity contribution in [3.63, 3.8) is 0 Å². The molecular weight excluding hydrogens is 246 g/mol. The molecule has 2 rings (SSSR count). The molecule has 0 saturated heterocycles. The largest absolute Gasteiger partial charge is 0.449 e. The number of carbonyl (C=O) groups excluding carboxylic acids is 1. The molecule has 0 aromatic carbocycles. The topological polar surface area (TPSA) is 87.2 Å². The van der Waals surface area contributed by atoms with E-state index in [-0.39, 0.29) is 11.4 Å². The summed E-state index contributed by atoms with van der Waals surface area (Å²) in [5.41, 5.74) is 4.86. The first-order valence-corrected chi connectivity index (χ1v) is 6.14. The Morgan fingerprint density at radius 3 is 2.89 bits per heavy atom. The van der Waals surface area contributed by atoms with Crippen LogP contribution in [0.3, 0.4) is 0 Å². The van der Waals surface area contributed by atoms with E-state index >= 15 is 0 Å². The highest BCUT2D eigenvalue weighted by Crippen LogP contribution is 2.24. The summed E-state index contributed by atoms with van der Waals surface area (Å²) in [5.74, 6) is 2.58. The maximum atomic E-state index is 11.8. The van der Waals surface area contributed by atoms with Crippen LogP contribution in [0.1, 0.15) is 31.2 Å². The van der Waals surface area contributed by atoms with Crippen LogP contribution in [0.25, 0.3) is 0 Å². The summed E-state index contributed by atoms with van der Waals surface area (Å²) in [4.78, 5) is 26.8. The fourth-order valence-corrected chi connectivity index (χ4v) is 2.15. The normalized spacial score (nSPS) is 15.1. The summed E-state index contributed by atoms with van der Waals surface area (Å²) in [6.07, 6.45) is 10.1. The third-order valence-corrected chi connectivity index (χ3v) is 3.23. The fraction of sp³-hybridized carbons (Fsp3) is 0.462. The second-order valence-corrected chi connectivity index (χ2v) is 4.56. The lowest BCUT2D eigenvalue weighted by Crippen LogP contribution is -2.31. The van der Waals surface area contributed by atoms with Gasteiger partial charge in [0.05, 0.1) is 12.2 Å². The Labute approximate surface area is 110 Å². The van der Waals surface area contributed by atoms with Gasteiger partial charge in [0.25, 0.3) is 0 Å². The van der Waals surface area contributed by atoms with Gasteiger partial charge in [-0.15, -0.1) is 6.42 Å². The Hall–Kier alpha value is -2.29. The Balaban J connectivity index is 2.10. The monoisotopic (exact) mass is 261 g/mol. The van der Waals surface area contributed by atoms with E-state index in [0.717, 1.165) is 30.3 Å². The van der Waals surface area contributed by atoms with Crippen molar-refractivity contribution in [3.05, 3.63) is 22.2 Å². The lowest BCUT2D eigenvalue weighted by Gasteiger charge is -2.11. The van der Waals surface area contributed by atoms with Gasteiger partial charge in [-0.25, -0.2) is 14.2 Å². The molecule has 6 nitrogen and oxygen atoms in total. The molecule has 1 aromatic heterocycles. The van der Waals surface area contributed by atoms with Gasteiger partial charge in [0.2, 0.25) is 0 Å². The number of nitrogens with zero attached hydrogens (tertiary/aromatic N) is 2. The summed E-state index contributed by atoms with van der Waals surface area (Å²) >= 11 is 0. The van der Waals surface area contributed by atoms with Gasteiger partial charge < -0.3 is 10.5 Å². The van der Waals surface area contributed by atoms with Crippen LogP contribution in [-0.2, 0) is 4.74 Å². The molecule has 1 heterocycles. The van der Waals surface area contributed by atoms with E-state index < -0.39 is 11.8 Å². The van der Waals surface area contributed by atoms with E-state index in [2.05, 4.69) is 10.9 Å². The molecule has 1 saturated carbocycles. The second kappa shape index (κ2) is 5.57. The predicted octanol–water partition coefficient (Wildman–Crippen LogP) is 0.982. The lowest BCUT2D eigenvalue weighted by atomic mass is 10.1. The number of nitrogen functional groups attached to an aromatic ring is 1. The summed E-state index contributed by atoms with van der Waals surface area (Å²) in [6.45, 7) is 0.320. The highest BCUT2D eigenvalue weighted by atomic mass is 16.5. The molecule has 1 aliphatic rings. The quantitative estimate of drug-likeness (QED) is 0.802.